The van der Waals surface area contributed by atoms with Gasteiger partial charge < -0.3 is 16.0 Å². The Hall–Kier alpha value is -3.26. The van der Waals surface area contributed by atoms with E-state index >= 15 is 0 Å². The molecule has 0 aliphatic heterocycles. The lowest BCUT2D eigenvalue weighted by molar-refractivity contribution is -0.167. The summed E-state index contributed by atoms with van der Waals surface area (Å²) in [6.07, 6.45) is -5.40. The molecule has 1 fully saturated rings. The second kappa shape index (κ2) is 11.4. The minimum absolute atomic E-state index is 0.0887. The Morgan fingerprint density at radius 1 is 0.762 bits per heavy atom. The van der Waals surface area contributed by atoms with Gasteiger partial charge in [0.2, 0.25) is 5.91 Å². The minimum Gasteiger partial charge on any atom is -0.326 e. The van der Waals surface area contributed by atoms with E-state index in [1.165, 1.54) is 17.4 Å². The van der Waals surface area contributed by atoms with E-state index < -0.39 is 85.3 Å². The Balaban J connectivity index is 1.55. The number of benzene rings is 3. The number of halogens is 11. The summed E-state index contributed by atoms with van der Waals surface area (Å²) in [6.45, 7) is 0. The summed E-state index contributed by atoms with van der Waals surface area (Å²) in [6, 6.07) is 5.65. The molecule has 0 radical (unpaired) electrons. The average molecular weight is 677 g/mol. The van der Waals surface area contributed by atoms with Gasteiger partial charge in [-0.05, 0) is 35.9 Å². The van der Waals surface area contributed by atoms with Crippen molar-refractivity contribution in [3.05, 3.63) is 86.9 Å². The molecule has 0 spiro atoms. The Morgan fingerprint density at radius 3 is 1.98 bits per heavy atom. The molecule has 2 atom stereocenters. The molecule has 4 rings (SSSR count). The summed E-state index contributed by atoms with van der Waals surface area (Å²) in [4.78, 5) is 36.9. The van der Waals surface area contributed by atoms with Crippen molar-refractivity contribution in [3.8, 4) is 0 Å². The summed E-state index contributed by atoms with van der Waals surface area (Å²) in [7, 11) is 0. The predicted octanol–water partition coefficient (Wildman–Crippen LogP) is 7.83. The Labute approximate surface area is 251 Å². The van der Waals surface area contributed by atoms with Crippen LogP contribution in [0.1, 0.15) is 21.8 Å². The highest BCUT2D eigenvalue weighted by atomic mass is 35.5. The molecular formula is C25H12Cl4F7N3O3. The highest BCUT2D eigenvalue weighted by Gasteiger charge is 2.67. The van der Waals surface area contributed by atoms with Crippen LogP contribution in [-0.4, -0.2) is 28.2 Å². The second-order valence-electron chi connectivity index (χ2n) is 8.83. The number of nitrogens with one attached hydrogen (secondary N) is 3. The monoisotopic (exact) mass is 675 g/mol. The van der Waals surface area contributed by atoms with Gasteiger partial charge in [0.15, 0.2) is 0 Å². The Morgan fingerprint density at radius 2 is 1.38 bits per heavy atom. The van der Waals surface area contributed by atoms with Crippen LogP contribution >= 0.6 is 46.4 Å². The van der Waals surface area contributed by atoms with E-state index in [0.29, 0.717) is 11.6 Å². The van der Waals surface area contributed by atoms with Gasteiger partial charge in [0, 0.05) is 17.7 Å². The Bertz CT molecular complexity index is 1640. The molecule has 0 unspecified atom stereocenters. The van der Waals surface area contributed by atoms with Crippen molar-refractivity contribution in [2.24, 2.45) is 5.92 Å². The molecule has 17 heteroatoms. The zero-order chi connectivity index (χ0) is 31.3. The first-order valence-electron chi connectivity index (χ1n) is 11.2. The fourth-order valence-corrected chi connectivity index (χ4v) is 5.16. The molecule has 0 aromatic heterocycles. The van der Waals surface area contributed by atoms with Crippen molar-refractivity contribution < 1.29 is 45.1 Å². The third kappa shape index (κ3) is 6.38. The van der Waals surface area contributed by atoms with Gasteiger partial charge in [-0.15, -0.1) is 23.2 Å². The number of anilines is 3. The van der Waals surface area contributed by atoms with E-state index in [4.69, 9.17) is 46.4 Å². The van der Waals surface area contributed by atoms with Crippen molar-refractivity contribution in [1.82, 2.24) is 0 Å². The number of amides is 3. The molecule has 3 N–H and O–H groups in total. The molecule has 3 aromatic carbocycles. The smallest absolute Gasteiger partial charge is 0.326 e. The molecule has 0 bridgehead atoms. The first kappa shape index (κ1) is 31.7. The first-order chi connectivity index (χ1) is 19.4. The molecule has 0 heterocycles. The van der Waals surface area contributed by atoms with Crippen LogP contribution < -0.4 is 16.0 Å². The average Bonchev–Trinajstić information content (AvgIpc) is 3.46. The van der Waals surface area contributed by atoms with E-state index in [2.05, 4.69) is 5.32 Å². The van der Waals surface area contributed by atoms with E-state index in [-0.39, 0.29) is 16.8 Å². The second-order valence-corrected chi connectivity index (χ2v) is 11.1. The zero-order valence-electron chi connectivity index (χ0n) is 20.1. The SMILES string of the molecule is O=C(Nc1cc(NC(=O)C(F)(F)F)c(F)cc1F)c1cc(NC(=O)[C@H]2[C@H](c3ccc(F)c(Cl)c3)C2(Cl)Cl)cc(F)c1Cl. The molecule has 1 aliphatic carbocycles. The van der Waals surface area contributed by atoms with Crippen molar-refractivity contribution in [1.29, 1.82) is 0 Å². The lowest BCUT2D eigenvalue weighted by atomic mass is 10.1. The normalized spacial score (nSPS) is 17.4. The van der Waals surface area contributed by atoms with Gasteiger partial charge in [-0.25, -0.2) is 17.6 Å². The third-order valence-electron chi connectivity index (χ3n) is 5.99. The standard InChI is InChI=1S/C25H12Cl4F7N3O3/c26-11-3-8(1-2-12(11)30)18-19(24(18,28)29)22(41)37-9-4-10(20(27)15(33)5-9)21(40)38-16-7-17(14(32)6-13(16)31)39-23(42)25(34,35)36/h1-7,18-19H,(H,37,41)(H,38,40)(H,39,42)/t18-,19+/m0/s1. The minimum atomic E-state index is -5.40. The van der Waals surface area contributed by atoms with Crippen molar-refractivity contribution >= 4 is 81.2 Å². The fraction of sp³-hybridized carbons (Fsp3) is 0.160. The van der Waals surface area contributed by atoms with Gasteiger partial charge in [-0.1, -0.05) is 29.3 Å². The molecule has 6 nitrogen and oxygen atoms in total. The number of hydrogen-bond acceptors (Lipinski definition) is 3. The van der Waals surface area contributed by atoms with Gasteiger partial charge >= 0.3 is 12.1 Å². The van der Waals surface area contributed by atoms with Crippen molar-refractivity contribution in [2.45, 2.75) is 16.4 Å². The highest BCUT2D eigenvalue weighted by molar-refractivity contribution is 6.53. The van der Waals surface area contributed by atoms with E-state index in [0.717, 1.165) is 18.2 Å². The van der Waals surface area contributed by atoms with E-state index in [1.807, 2.05) is 5.32 Å². The van der Waals surface area contributed by atoms with Crippen LogP contribution in [0, 0.1) is 29.2 Å². The zero-order valence-corrected chi connectivity index (χ0v) is 23.1. The molecular weight excluding hydrogens is 665 g/mol. The van der Waals surface area contributed by atoms with E-state index in [9.17, 15) is 45.1 Å². The topological polar surface area (TPSA) is 87.3 Å². The summed E-state index contributed by atoms with van der Waals surface area (Å²) in [5, 5.41) is 4.33. The van der Waals surface area contributed by atoms with Crippen molar-refractivity contribution in [2.75, 3.05) is 16.0 Å². The van der Waals surface area contributed by atoms with Gasteiger partial charge in [0.05, 0.1) is 32.9 Å². The lowest BCUT2D eigenvalue weighted by Crippen LogP contribution is -2.30. The summed E-state index contributed by atoms with van der Waals surface area (Å²) in [5.74, 6) is -11.7. The number of rotatable bonds is 6. The van der Waals surface area contributed by atoms with Crippen LogP contribution in [0.15, 0.2) is 42.5 Å². The van der Waals surface area contributed by atoms with Gasteiger partial charge in [0.1, 0.15) is 27.6 Å². The van der Waals surface area contributed by atoms with Gasteiger partial charge in [0.25, 0.3) is 5.91 Å². The van der Waals surface area contributed by atoms with Crippen LogP contribution in [0.25, 0.3) is 0 Å². The summed E-state index contributed by atoms with van der Waals surface area (Å²) in [5.41, 5.74) is -2.72. The quantitative estimate of drug-likeness (QED) is 0.184. The van der Waals surface area contributed by atoms with Crippen LogP contribution in [0.4, 0.5) is 47.8 Å². The maximum absolute atomic E-state index is 14.6. The molecule has 1 aliphatic rings. The number of carbonyl (C=O) groups is 3. The molecule has 0 saturated heterocycles. The fourth-order valence-electron chi connectivity index (χ4n) is 3.94. The summed E-state index contributed by atoms with van der Waals surface area (Å²) >= 11 is 24.1. The number of alkyl halides is 5. The molecule has 3 amide bonds. The molecule has 42 heavy (non-hydrogen) atoms. The predicted molar refractivity (Wildman–Crippen MR) is 141 cm³/mol. The maximum Gasteiger partial charge on any atom is 0.471 e. The largest absolute Gasteiger partial charge is 0.471 e. The third-order valence-corrected chi connectivity index (χ3v) is 7.60. The molecule has 1 saturated carbocycles. The number of hydrogen-bond donors (Lipinski definition) is 3. The highest BCUT2D eigenvalue weighted by Crippen LogP contribution is 2.65. The van der Waals surface area contributed by atoms with Crippen LogP contribution in [-0.2, 0) is 9.59 Å². The van der Waals surface area contributed by atoms with Crippen molar-refractivity contribution in [3.63, 3.8) is 0 Å². The van der Waals surface area contributed by atoms with Gasteiger partial charge in [-0.3, -0.25) is 14.4 Å². The van der Waals surface area contributed by atoms with Crippen LogP contribution in [0.5, 0.6) is 0 Å². The Kier molecular flexibility index (Phi) is 8.62. The van der Waals surface area contributed by atoms with E-state index in [1.54, 1.807) is 0 Å². The first-order valence-corrected chi connectivity index (χ1v) is 12.7. The van der Waals surface area contributed by atoms with Gasteiger partial charge in [-0.2, -0.15) is 13.2 Å². The maximum atomic E-state index is 14.6. The van der Waals surface area contributed by atoms with Crippen LogP contribution in [0.2, 0.25) is 10.0 Å². The lowest BCUT2D eigenvalue weighted by Gasteiger charge is -2.14. The molecule has 3 aromatic rings. The summed E-state index contributed by atoms with van der Waals surface area (Å²) < 4.78 is 92.3. The number of carbonyl (C=O) groups excluding carboxylic acids is 3. The molecule has 222 valence electrons. The van der Waals surface area contributed by atoms with Crippen LogP contribution in [0.3, 0.4) is 0 Å².